The maximum absolute atomic E-state index is 5.93. The first-order valence-electron chi connectivity index (χ1n) is 6.39. The van der Waals surface area contributed by atoms with Crippen LogP contribution in [0.3, 0.4) is 0 Å². The van der Waals surface area contributed by atoms with Crippen LogP contribution >= 0.6 is 11.6 Å². The molecule has 0 saturated heterocycles. The van der Waals surface area contributed by atoms with Gasteiger partial charge in [0.1, 0.15) is 11.4 Å². The molecule has 1 aromatic carbocycles. The van der Waals surface area contributed by atoms with Crippen LogP contribution in [0.2, 0.25) is 0 Å². The van der Waals surface area contributed by atoms with Crippen molar-refractivity contribution in [1.29, 1.82) is 0 Å². The van der Waals surface area contributed by atoms with Gasteiger partial charge in [0.2, 0.25) is 0 Å². The Kier molecular flexibility index (Phi) is 4.80. The fourth-order valence-electron chi connectivity index (χ4n) is 1.73. The van der Waals surface area contributed by atoms with Gasteiger partial charge in [-0.25, -0.2) is 0 Å². The predicted molar refractivity (Wildman–Crippen MR) is 75.6 cm³/mol. The van der Waals surface area contributed by atoms with Crippen LogP contribution in [-0.4, -0.2) is 21.6 Å². The molecule has 2 aromatic rings. The van der Waals surface area contributed by atoms with Crippen molar-refractivity contribution < 1.29 is 4.74 Å². The number of aromatic nitrogens is 3. The Bertz CT molecular complexity index is 525. The Balaban J connectivity index is 1.74. The number of aryl methyl sites for hydroxylation is 2. The fourth-order valence-corrected chi connectivity index (χ4v) is 1.83. The third-order valence-electron chi connectivity index (χ3n) is 2.75. The molecule has 1 unspecified atom stereocenters. The average molecular weight is 280 g/mol. The van der Waals surface area contributed by atoms with Gasteiger partial charge in [-0.2, -0.15) is 0 Å². The van der Waals surface area contributed by atoms with Crippen LogP contribution in [0.25, 0.3) is 0 Å². The van der Waals surface area contributed by atoms with Gasteiger partial charge in [-0.1, -0.05) is 17.3 Å². The van der Waals surface area contributed by atoms with Gasteiger partial charge < -0.3 is 4.74 Å². The Morgan fingerprint density at radius 2 is 2.26 bits per heavy atom. The zero-order valence-electron chi connectivity index (χ0n) is 11.2. The summed E-state index contributed by atoms with van der Waals surface area (Å²) in [5.41, 5.74) is 2.01. The highest BCUT2D eigenvalue weighted by Crippen LogP contribution is 2.15. The standard InChI is InChI=1S/C14H18ClN3O/c1-11-5-3-6-13(9-11)19-8-4-7-18-10-14(12(2)15)16-17-18/h3,5-6,9-10,12H,4,7-8H2,1-2H3. The summed E-state index contributed by atoms with van der Waals surface area (Å²) >= 11 is 5.93. The van der Waals surface area contributed by atoms with Crippen molar-refractivity contribution in [3.8, 4) is 5.75 Å². The maximum Gasteiger partial charge on any atom is 0.119 e. The summed E-state index contributed by atoms with van der Waals surface area (Å²) in [6, 6.07) is 8.05. The lowest BCUT2D eigenvalue weighted by atomic mass is 10.2. The largest absolute Gasteiger partial charge is 0.494 e. The van der Waals surface area contributed by atoms with Crippen molar-refractivity contribution in [2.75, 3.05) is 6.61 Å². The number of nitrogens with zero attached hydrogens (tertiary/aromatic N) is 3. The lowest BCUT2D eigenvalue weighted by molar-refractivity contribution is 0.298. The van der Waals surface area contributed by atoms with Gasteiger partial charge in [-0.15, -0.1) is 16.7 Å². The number of alkyl halides is 1. The van der Waals surface area contributed by atoms with E-state index in [1.54, 1.807) is 4.68 Å². The van der Waals surface area contributed by atoms with E-state index in [-0.39, 0.29) is 5.38 Å². The second-order valence-corrected chi connectivity index (χ2v) is 5.20. The number of hydrogen-bond acceptors (Lipinski definition) is 3. The van der Waals surface area contributed by atoms with Crippen molar-refractivity contribution >= 4 is 11.6 Å². The second kappa shape index (κ2) is 6.57. The molecule has 0 amide bonds. The van der Waals surface area contributed by atoms with Crippen molar-refractivity contribution in [2.45, 2.75) is 32.2 Å². The molecule has 0 N–H and O–H groups in total. The first-order valence-corrected chi connectivity index (χ1v) is 6.82. The van der Waals surface area contributed by atoms with E-state index in [2.05, 4.69) is 23.3 Å². The molecule has 0 fully saturated rings. The number of ether oxygens (including phenoxy) is 1. The van der Waals surface area contributed by atoms with Crippen molar-refractivity contribution in [2.24, 2.45) is 0 Å². The van der Waals surface area contributed by atoms with Crippen molar-refractivity contribution in [3.63, 3.8) is 0 Å². The zero-order chi connectivity index (χ0) is 13.7. The Labute approximate surface area is 118 Å². The average Bonchev–Trinajstić information content (AvgIpc) is 2.84. The molecular weight excluding hydrogens is 262 g/mol. The summed E-state index contributed by atoms with van der Waals surface area (Å²) in [6.45, 7) is 5.38. The Hall–Kier alpha value is -1.55. The van der Waals surface area contributed by atoms with Crippen LogP contribution in [0.4, 0.5) is 0 Å². The minimum Gasteiger partial charge on any atom is -0.494 e. The highest BCUT2D eigenvalue weighted by Gasteiger charge is 2.06. The van der Waals surface area contributed by atoms with Gasteiger partial charge in [0.05, 0.1) is 12.0 Å². The second-order valence-electron chi connectivity index (χ2n) is 4.54. The van der Waals surface area contributed by atoms with Gasteiger partial charge >= 0.3 is 0 Å². The van der Waals surface area contributed by atoms with Crippen LogP contribution in [0.1, 0.15) is 30.0 Å². The molecule has 4 nitrogen and oxygen atoms in total. The van der Waals surface area contributed by atoms with Crippen LogP contribution < -0.4 is 4.74 Å². The van der Waals surface area contributed by atoms with Gasteiger partial charge in [0.15, 0.2) is 0 Å². The SMILES string of the molecule is Cc1cccc(OCCCn2cc(C(C)Cl)nn2)c1. The topological polar surface area (TPSA) is 39.9 Å². The first-order chi connectivity index (χ1) is 9.15. The molecule has 2 rings (SSSR count). The molecule has 19 heavy (non-hydrogen) atoms. The van der Waals surface area contributed by atoms with Gasteiger partial charge in [-0.3, -0.25) is 4.68 Å². The minimum atomic E-state index is -0.0997. The van der Waals surface area contributed by atoms with E-state index >= 15 is 0 Å². The normalized spacial score (nSPS) is 12.4. The smallest absolute Gasteiger partial charge is 0.119 e. The quantitative estimate of drug-likeness (QED) is 0.601. The molecule has 0 spiro atoms. The van der Waals surface area contributed by atoms with E-state index in [9.17, 15) is 0 Å². The van der Waals surface area contributed by atoms with Gasteiger partial charge in [0.25, 0.3) is 0 Å². The van der Waals surface area contributed by atoms with E-state index in [1.165, 1.54) is 5.56 Å². The highest BCUT2D eigenvalue weighted by molar-refractivity contribution is 6.20. The molecule has 1 atom stereocenters. The Morgan fingerprint density at radius 3 is 2.95 bits per heavy atom. The minimum absolute atomic E-state index is 0.0997. The van der Waals surface area contributed by atoms with E-state index in [4.69, 9.17) is 16.3 Å². The Morgan fingerprint density at radius 1 is 1.42 bits per heavy atom. The summed E-state index contributed by atoms with van der Waals surface area (Å²) in [5.74, 6) is 0.911. The van der Waals surface area contributed by atoms with E-state index in [0.29, 0.717) is 6.61 Å². The maximum atomic E-state index is 5.93. The molecule has 102 valence electrons. The summed E-state index contributed by atoms with van der Waals surface area (Å²) < 4.78 is 7.47. The van der Waals surface area contributed by atoms with Crippen molar-refractivity contribution in [3.05, 3.63) is 41.7 Å². The number of benzene rings is 1. The van der Waals surface area contributed by atoms with Crippen LogP contribution in [0, 0.1) is 6.92 Å². The molecule has 1 heterocycles. The molecule has 0 radical (unpaired) electrons. The van der Waals surface area contributed by atoms with E-state index in [1.807, 2.05) is 31.3 Å². The van der Waals surface area contributed by atoms with Gasteiger partial charge in [-0.05, 0) is 31.5 Å². The number of hydrogen-bond donors (Lipinski definition) is 0. The third kappa shape index (κ3) is 4.24. The molecule has 0 aliphatic carbocycles. The molecule has 0 saturated carbocycles. The van der Waals surface area contributed by atoms with Crippen LogP contribution in [0.15, 0.2) is 30.5 Å². The molecule has 1 aromatic heterocycles. The molecule has 0 aliphatic heterocycles. The third-order valence-corrected chi connectivity index (χ3v) is 2.98. The summed E-state index contributed by atoms with van der Waals surface area (Å²) in [5, 5.41) is 7.93. The lowest BCUT2D eigenvalue weighted by Crippen LogP contribution is -2.05. The zero-order valence-corrected chi connectivity index (χ0v) is 12.0. The molecule has 0 aliphatic rings. The van der Waals surface area contributed by atoms with Crippen LogP contribution in [0.5, 0.6) is 5.75 Å². The van der Waals surface area contributed by atoms with E-state index < -0.39 is 0 Å². The summed E-state index contributed by atoms with van der Waals surface area (Å²) in [7, 11) is 0. The predicted octanol–water partition coefficient (Wildman–Crippen LogP) is 3.36. The number of rotatable bonds is 6. The molecule has 0 bridgehead atoms. The first kappa shape index (κ1) is 13.9. The highest BCUT2D eigenvalue weighted by atomic mass is 35.5. The summed E-state index contributed by atoms with van der Waals surface area (Å²) in [6.07, 6.45) is 2.76. The van der Waals surface area contributed by atoms with Crippen molar-refractivity contribution in [1.82, 2.24) is 15.0 Å². The van der Waals surface area contributed by atoms with Gasteiger partial charge in [0, 0.05) is 19.2 Å². The van der Waals surface area contributed by atoms with Crippen LogP contribution in [-0.2, 0) is 6.54 Å². The van der Waals surface area contributed by atoms with E-state index in [0.717, 1.165) is 24.4 Å². The summed E-state index contributed by atoms with van der Waals surface area (Å²) in [4.78, 5) is 0. The molecular formula is C14H18ClN3O. The lowest BCUT2D eigenvalue weighted by Gasteiger charge is -2.06. The number of halogens is 1. The monoisotopic (exact) mass is 279 g/mol. The fraction of sp³-hybridized carbons (Fsp3) is 0.429. The molecule has 5 heteroatoms.